The summed E-state index contributed by atoms with van der Waals surface area (Å²) >= 11 is 0. The van der Waals surface area contributed by atoms with Gasteiger partial charge in [-0.05, 0) is 111 Å². The molecule has 0 unspecified atom stereocenters. The Morgan fingerprint density at radius 2 is 1.44 bits per heavy atom. The van der Waals surface area contributed by atoms with E-state index < -0.39 is 29.3 Å². The van der Waals surface area contributed by atoms with Gasteiger partial charge in [0.25, 0.3) is 5.91 Å². The normalized spacial score (nSPS) is 21.0. The van der Waals surface area contributed by atoms with Crippen molar-refractivity contribution >= 4 is 29.5 Å². The highest BCUT2D eigenvalue weighted by Crippen LogP contribution is 2.30. The first-order chi connectivity index (χ1) is 20.7. The zero-order chi connectivity index (χ0) is 30.5. The molecule has 5 nitrogen and oxygen atoms in total. The van der Waals surface area contributed by atoms with Crippen molar-refractivity contribution in [1.82, 2.24) is 10.2 Å². The van der Waals surface area contributed by atoms with Gasteiger partial charge in [-0.3, -0.25) is 14.5 Å². The van der Waals surface area contributed by atoms with Crippen LogP contribution in [0.1, 0.15) is 54.1 Å². The second-order valence-corrected chi connectivity index (χ2v) is 11.0. The maximum Gasteiger partial charge on any atom is 0.251 e. The highest BCUT2D eigenvalue weighted by Gasteiger charge is 2.29. The second kappa shape index (κ2) is 13.4. The van der Waals surface area contributed by atoms with Crippen LogP contribution in [0.3, 0.4) is 0 Å². The van der Waals surface area contributed by atoms with Gasteiger partial charge in [-0.2, -0.15) is 0 Å². The predicted octanol–water partition coefficient (Wildman–Crippen LogP) is 6.77. The summed E-state index contributed by atoms with van der Waals surface area (Å²) in [7, 11) is 0. The molecule has 1 aliphatic carbocycles. The van der Waals surface area contributed by atoms with Gasteiger partial charge in [0.1, 0.15) is 0 Å². The van der Waals surface area contributed by atoms with E-state index in [0.717, 1.165) is 56.0 Å². The van der Waals surface area contributed by atoms with E-state index >= 15 is 0 Å². The van der Waals surface area contributed by atoms with Crippen molar-refractivity contribution in [2.75, 3.05) is 25.0 Å². The lowest BCUT2D eigenvalue weighted by Gasteiger charge is -2.27. The third kappa shape index (κ3) is 7.40. The second-order valence-electron chi connectivity index (χ2n) is 11.0. The van der Waals surface area contributed by atoms with Crippen LogP contribution in [0, 0.1) is 23.3 Å². The van der Waals surface area contributed by atoms with E-state index in [0.29, 0.717) is 11.6 Å². The standard InChI is InChI=1S/C34H33F4N3O2/c1-2-41-13-3-4-28(41)20-39-26-9-7-23(8-10-26)34(43)40-27-18-24(14-21-5-11-29(35)31(37)16-21)33(42)25(19-27)15-22-6-12-30(36)32(38)17-22/h5-12,14-17,27-28,39H,2-4,13,18-20H2,1H3,(H,40,43)/b24-14+,25-15+/t28-/m0/s1. The van der Waals surface area contributed by atoms with Gasteiger partial charge >= 0.3 is 0 Å². The number of rotatable bonds is 8. The summed E-state index contributed by atoms with van der Waals surface area (Å²) in [4.78, 5) is 29.0. The van der Waals surface area contributed by atoms with Crippen LogP contribution in [0.25, 0.3) is 12.2 Å². The molecule has 5 rings (SSSR count). The van der Waals surface area contributed by atoms with Gasteiger partial charge in [-0.1, -0.05) is 19.1 Å². The molecular formula is C34H33F4N3O2. The fourth-order valence-corrected chi connectivity index (χ4v) is 5.74. The van der Waals surface area contributed by atoms with Crippen LogP contribution in [-0.2, 0) is 4.79 Å². The Kier molecular flexibility index (Phi) is 9.40. The number of anilines is 1. The van der Waals surface area contributed by atoms with Gasteiger partial charge in [0.05, 0.1) is 0 Å². The lowest BCUT2D eigenvalue weighted by Crippen LogP contribution is -2.39. The molecule has 3 aromatic rings. The number of carbonyl (C=O) groups excluding carboxylic acids is 2. The molecule has 0 bridgehead atoms. The van der Waals surface area contributed by atoms with E-state index in [1.165, 1.54) is 30.7 Å². The number of hydrogen-bond acceptors (Lipinski definition) is 4. The first-order valence-corrected chi connectivity index (χ1v) is 14.4. The minimum atomic E-state index is -1.05. The number of halogens is 4. The van der Waals surface area contributed by atoms with Crippen LogP contribution < -0.4 is 10.6 Å². The number of ketones is 1. The molecule has 1 heterocycles. The highest BCUT2D eigenvalue weighted by atomic mass is 19.2. The third-order valence-electron chi connectivity index (χ3n) is 8.01. The summed E-state index contributed by atoms with van der Waals surface area (Å²) in [5.41, 5.74) is 2.45. The fourth-order valence-electron chi connectivity index (χ4n) is 5.74. The van der Waals surface area contributed by atoms with Crippen LogP contribution in [0.5, 0.6) is 0 Å². The number of hydrogen-bond donors (Lipinski definition) is 2. The summed E-state index contributed by atoms with van der Waals surface area (Å²) in [6.45, 7) is 5.13. The molecule has 0 spiro atoms. The van der Waals surface area contributed by atoms with Crippen molar-refractivity contribution in [3.8, 4) is 0 Å². The van der Waals surface area contributed by atoms with Crippen LogP contribution in [0.15, 0.2) is 71.8 Å². The topological polar surface area (TPSA) is 61.4 Å². The van der Waals surface area contributed by atoms with Crippen molar-refractivity contribution in [2.24, 2.45) is 0 Å². The van der Waals surface area contributed by atoms with Crippen molar-refractivity contribution in [3.05, 3.63) is 112 Å². The SMILES string of the molecule is CCN1CCC[C@H]1CNc1ccc(C(=O)NC2C/C(=C\c3ccc(F)c(F)c3)C(=O)/C(=C/c3ccc(F)c(F)c3)C2)cc1. The summed E-state index contributed by atoms with van der Waals surface area (Å²) in [5.74, 6) is -4.84. The molecule has 1 aliphatic heterocycles. The number of benzene rings is 3. The number of carbonyl (C=O) groups is 2. The van der Waals surface area contributed by atoms with Gasteiger partial charge < -0.3 is 10.6 Å². The maximum atomic E-state index is 13.9. The highest BCUT2D eigenvalue weighted by molar-refractivity contribution is 6.14. The monoisotopic (exact) mass is 591 g/mol. The zero-order valence-corrected chi connectivity index (χ0v) is 23.8. The Morgan fingerprint density at radius 1 is 0.860 bits per heavy atom. The molecule has 2 aliphatic rings. The van der Waals surface area contributed by atoms with E-state index in [1.54, 1.807) is 12.1 Å². The van der Waals surface area contributed by atoms with Gasteiger partial charge in [0, 0.05) is 41.0 Å². The Bertz CT molecular complexity index is 1490. The predicted molar refractivity (Wildman–Crippen MR) is 159 cm³/mol. The molecule has 0 aromatic heterocycles. The van der Waals surface area contributed by atoms with E-state index in [4.69, 9.17) is 0 Å². The zero-order valence-electron chi connectivity index (χ0n) is 23.8. The van der Waals surface area contributed by atoms with Crippen molar-refractivity contribution in [2.45, 2.75) is 44.7 Å². The summed E-state index contributed by atoms with van der Waals surface area (Å²) in [6, 6.07) is 13.8. The average Bonchev–Trinajstić information content (AvgIpc) is 3.46. The quantitative estimate of drug-likeness (QED) is 0.224. The first kappa shape index (κ1) is 30.2. The number of Topliss-reactive ketones (excluding diaryl/α,β-unsaturated/α-hetero) is 1. The largest absolute Gasteiger partial charge is 0.383 e. The lowest BCUT2D eigenvalue weighted by molar-refractivity contribution is -0.113. The summed E-state index contributed by atoms with van der Waals surface area (Å²) < 4.78 is 54.7. The lowest BCUT2D eigenvalue weighted by atomic mass is 9.83. The molecule has 2 fully saturated rings. The molecule has 1 atom stereocenters. The minimum Gasteiger partial charge on any atom is -0.383 e. The van der Waals surface area contributed by atoms with Crippen LogP contribution >= 0.6 is 0 Å². The van der Waals surface area contributed by atoms with Crippen molar-refractivity contribution in [3.63, 3.8) is 0 Å². The van der Waals surface area contributed by atoms with Gasteiger partial charge in [-0.25, -0.2) is 17.6 Å². The van der Waals surface area contributed by atoms with Crippen molar-refractivity contribution in [1.29, 1.82) is 0 Å². The minimum absolute atomic E-state index is 0.146. The smallest absolute Gasteiger partial charge is 0.251 e. The summed E-state index contributed by atoms with van der Waals surface area (Å²) in [5, 5.41) is 6.42. The molecule has 3 aromatic carbocycles. The number of nitrogens with one attached hydrogen (secondary N) is 2. The molecule has 1 saturated heterocycles. The molecule has 1 amide bonds. The van der Waals surface area contributed by atoms with E-state index in [1.807, 2.05) is 12.1 Å². The average molecular weight is 592 g/mol. The van der Waals surface area contributed by atoms with Gasteiger partial charge in [0.15, 0.2) is 29.1 Å². The Balaban J connectivity index is 1.33. The molecule has 0 radical (unpaired) electrons. The van der Waals surface area contributed by atoms with E-state index in [-0.39, 0.29) is 46.8 Å². The van der Waals surface area contributed by atoms with Crippen LogP contribution in [0.4, 0.5) is 23.2 Å². The van der Waals surface area contributed by atoms with Crippen LogP contribution in [-0.4, -0.2) is 48.3 Å². The first-order valence-electron chi connectivity index (χ1n) is 14.4. The third-order valence-corrected chi connectivity index (χ3v) is 8.01. The Morgan fingerprint density at radius 3 is 1.98 bits per heavy atom. The number of amides is 1. The van der Waals surface area contributed by atoms with Gasteiger partial charge in [0.2, 0.25) is 0 Å². The number of likely N-dealkylation sites (N-methyl/N-ethyl adjacent to an activating group) is 1. The van der Waals surface area contributed by atoms with Gasteiger partial charge in [-0.15, -0.1) is 0 Å². The Hall–Kier alpha value is -4.24. The Labute approximate surface area is 248 Å². The van der Waals surface area contributed by atoms with Crippen LogP contribution in [0.2, 0.25) is 0 Å². The van der Waals surface area contributed by atoms with E-state index in [2.05, 4.69) is 22.5 Å². The number of nitrogens with zero attached hydrogens (tertiary/aromatic N) is 1. The molecule has 43 heavy (non-hydrogen) atoms. The summed E-state index contributed by atoms with van der Waals surface area (Å²) in [6.07, 6.45) is 5.55. The fraction of sp³-hybridized carbons (Fsp3) is 0.294. The molecule has 224 valence electrons. The molecule has 1 saturated carbocycles. The maximum absolute atomic E-state index is 13.9. The molecular weight excluding hydrogens is 558 g/mol. The van der Waals surface area contributed by atoms with Crippen molar-refractivity contribution < 1.29 is 27.2 Å². The molecule has 9 heteroatoms. The van der Waals surface area contributed by atoms with E-state index in [9.17, 15) is 27.2 Å². The number of likely N-dealkylation sites (tertiary alicyclic amines) is 1. The molecule has 2 N–H and O–H groups in total.